The van der Waals surface area contributed by atoms with Crippen molar-refractivity contribution in [3.8, 4) is 11.3 Å². The molecule has 1 saturated heterocycles. The Morgan fingerprint density at radius 2 is 1.95 bits per heavy atom. The predicted octanol–water partition coefficient (Wildman–Crippen LogP) is 5.54. The molecule has 0 aliphatic carbocycles. The number of rotatable bonds is 5. The maximum absolute atomic E-state index is 13.6. The van der Waals surface area contributed by atoms with E-state index in [9.17, 15) is 14.0 Å². The van der Waals surface area contributed by atoms with Crippen LogP contribution >= 0.6 is 0 Å². The van der Waals surface area contributed by atoms with E-state index >= 15 is 0 Å². The molecule has 1 atom stereocenters. The highest BCUT2D eigenvalue weighted by Crippen LogP contribution is 2.40. The number of H-pyrrole nitrogens is 1. The fourth-order valence-corrected chi connectivity index (χ4v) is 5.53. The average molecular weight is 526 g/mol. The lowest BCUT2D eigenvalue weighted by atomic mass is 9.88. The first-order valence-electron chi connectivity index (χ1n) is 13.0. The van der Waals surface area contributed by atoms with Gasteiger partial charge in [0.2, 0.25) is 0 Å². The first-order chi connectivity index (χ1) is 19.0. The number of carbonyl (C=O) groups is 2. The van der Waals surface area contributed by atoms with E-state index in [2.05, 4.69) is 20.6 Å². The summed E-state index contributed by atoms with van der Waals surface area (Å²) in [4.78, 5) is 35.9. The second kappa shape index (κ2) is 9.90. The third-order valence-electron chi connectivity index (χ3n) is 7.46. The highest BCUT2D eigenvalue weighted by Gasteiger charge is 2.30. The van der Waals surface area contributed by atoms with Crippen LogP contribution in [0.25, 0.3) is 33.3 Å². The number of pyridine rings is 1. The summed E-state index contributed by atoms with van der Waals surface area (Å²) in [5, 5.41) is 6.65. The lowest BCUT2D eigenvalue weighted by Gasteiger charge is -2.33. The van der Waals surface area contributed by atoms with E-state index in [1.807, 2.05) is 36.2 Å². The van der Waals surface area contributed by atoms with Gasteiger partial charge in [0.25, 0.3) is 11.8 Å². The molecule has 0 spiro atoms. The van der Waals surface area contributed by atoms with Crippen molar-refractivity contribution in [2.75, 3.05) is 32.5 Å². The summed E-state index contributed by atoms with van der Waals surface area (Å²) in [7, 11) is 3.42. The summed E-state index contributed by atoms with van der Waals surface area (Å²) < 4.78 is 19.8. The van der Waals surface area contributed by atoms with Gasteiger partial charge >= 0.3 is 0 Å². The van der Waals surface area contributed by atoms with Crippen LogP contribution in [-0.4, -0.2) is 53.9 Å². The van der Waals surface area contributed by atoms with Crippen LogP contribution in [0.5, 0.6) is 0 Å². The van der Waals surface area contributed by atoms with Gasteiger partial charge in [-0.05, 0) is 66.9 Å². The number of piperidine rings is 1. The Morgan fingerprint density at radius 1 is 1.13 bits per heavy atom. The van der Waals surface area contributed by atoms with Gasteiger partial charge in [-0.1, -0.05) is 0 Å². The summed E-state index contributed by atoms with van der Waals surface area (Å²) in [6, 6.07) is 15.3. The highest BCUT2D eigenvalue weighted by molar-refractivity contribution is 6.11. The van der Waals surface area contributed by atoms with Crippen LogP contribution in [0.15, 0.2) is 65.2 Å². The monoisotopic (exact) mass is 525 g/mol. The molecule has 3 N–H and O–H groups in total. The Balaban J connectivity index is 1.38. The van der Waals surface area contributed by atoms with Gasteiger partial charge < -0.3 is 24.9 Å². The molecule has 1 fully saturated rings. The number of hydrogen-bond acceptors (Lipinski definition) is 5. The topological polar surface area (TPSA) is 103 Å². The molecule has 5 aromatic rings. The number of halogens is 1. The summed E-state index contributed by atoms with van der Waals surface area (Å²) in [6.07, 6.45) is 3.46. The molecular weight excluding hydrogens is 497 g/mol. The number of furan rings is 1. The maximum Gasteiger partial charge on any atom is 0.270 e. The molecule has 2 amide bonds. The third kappa shape index (κ3) is 4.39. The van der Waals surface area contributed by atoms with Crippen molar-refractivity contribution in [3.05, 3.63) is 83.4 Å². The Bertz CT molecular complexity index is 1670. The van der Waals surface area contributed by atoms with Crippen LogP contribution in [-0.2, 0) is 0 Å². The normalized spacial score (nSPS) is 15.6. The van der Waals surface area contributed by atoms with E-state index in [1.165, 1.54) is 12.1 Å². The van der Waals surface area contributed by atoms with Gasteiger partial charge in [-0.25, -0.2) is 4.39 Å². The molecule has 2 aromatic carbocycles. The number of anilines is 1. The SMILES string of the molecule is CNC(=O)c1c(-c2ccc(F)cc2)oc2cc(NC)c(C3CCCN(C(=O)c4cc5ncccc5[nH]4)C3)cc12. The van der Waals surface area contributed by atoms with Gasteiger partial charge in [-0.3, -0.25) is 14.6 Å². The van der Waals surface area contributed by atoms with E-state index in [4.69, 9.17) is 4.42 Å². The fourth-order valence-electron chi connectivity index (χ4n) is 5.53. The number of amides is 2. The second-order valence-corrected chi connectivity index (χ2v) is 9.79. The zero-order valence-corrected chi connectivity index (χ0v) is 21.7. The minimum absolute atomic E-state index is 0.0544. The minimum Gasteiger partial charge on any atom is -0.455 e. The van der Waals surface area contributed by atoms with Gasteiger partial charge in [0.1, 0.15) is 22.9 Å². The van der Waals surface area contributed by atoms with Crippen molar-refractivity contribution in [2.45, 2.75) is 18.8 Å². The molecule has 0 bridgehead atoms. The number of fused-ring (bicyclic) bond motifs is 2. The van der Waals surface area contributed by atoms with Gasteiger partial charge in [0, 0.05) is 62.0 Å². The Labute approximate surface area is 224 Å². The van der Waals surface area contributed by atoms with Gasteiger partial charge in [0.05, 0.1) is 16.6 Å². The fraction of sp³-hybridized carbons (Fsp3) is 0.233. The van der Waals surface area contributed by atoms with Crippen molar-refractivity contribution in [2.24, 2.45) is 0 Å². The number of aromatic amines is 1. The Morgan fingerprint density at radius 3 is 2.69 bits per heavy atom. The molecule has 6 rings (SSSR count). The third-order valence-corrected chi connectivity index (χ3v) is 7.46. The lowest BCUT2D eigenvalue weighted by Crippen LogP contribution is -2.39. The molecule has 39 heavy (non-hydrogen) atoms. The zero-order chi connectivity index (χ0) is 27.1. The Kier molecular flexibility index (Phi) is 6.26. The van der Waals surface area contributed by atoms with Crippen molar-refractivity contribution in [1.29, 1.82) is 0 Å². The largest absolute Gasteiger partial charge is 0.455 e. The van der Waals surface area contributed by atoms with Crippen LogP contribution in [0.4, 0.5) is 10.1 Å². The van der Waals surface area contributed by atoms with Crippen molar-refractivity contribution in [1.82, 2.24) is 20.2 Å². The van der Waals surface area contributed by atoms with Crippen LogP contribution < -0.4 is 10.6 Å². The van der Waals surface area contributed by atoms with Gasteiger partial charge in [-0.2, -0.15) is 0 Å². The molecule has 9 heteroatoms. The molecule has 3 aromatic heterocycles. The van der Waals surface area contributed by atoms with Crippen LogP contribution in [0, 0.1) is 5.82 Å². The van der Waals surface area contributed by atoms with E-state index in [1.54, 1.807) is 31.4 Å². The molecule has 1 aliphatic rings. The minimum atomic E-state index is -0.365. The molecular formula is C30H28FN5O3. The zero-order valence-electron chi connectivity index (χ0n) is 21.7. The van der Waals surface area contributed by atoms with Crippen molar-refractivity contribution < 1.29 is 18.4 Å². The molecule has 1 aliphatic heterocycles. The predicted molar refractivity (Wildman–Crippen MR) is 149 cm³/mol. The number of likely N-dealkylation sites (tertiary alicyclic amines) is 1. The van der Waals surface area contributed by atoms with E-state index < -0.39 is 0 Å². The van der Waals surface area contributed by atoms with Crippen molar-refractivity contribution >= 4 is 39.5 Å². The van der Waals surface area contributed by atoms with E-state index in [0.29, 0.717) is 46.6 Å². The van der Waals surface area contributed by atoms with E-state index in [-0.39, 0.29) is 23.5 Å². The molecule has 4 heterocycles. The molecule has 8 nitrogen and oxygen atoms in total. The van der Waals surface area contributed by atoms with Crippen LogP contribution in [0.2, 0.25) is 0 Å². The molecule has 0 radical (unpaired) electrons. The Hall–Kier alpha value is -4.66. The summed E-state index contributed by atoms with van der Waals surface area (Å²) in [5.41, 5.74) is 5.56. The summed E-state index contributed by atoms with van der Waals surface area (Å²) >= 11 is 0. The summed E-state index contributed by atoms with van der Waals surface area (Å²) in [6.45, 7) is 1.21. The highest BCUT2D eigenvalue weighted by atomic mass is 19.1. The second-order valence-electron chi connectivity index (χ2n) is 9.79. The van der Waals surface area contributed by atoms with Crippen LogP contribution in [0.3, 0.4) is 0 Å². The first kappa shape index (κ1) is 24.7. The summed E-state index contributed by atoms with van der Waals surface area (Å²) in [5.74, 6) is -0.270. The number of nitrogens with one attached hydrogen (secondary N) is 3. The van der Waals surface area contributed by atoms with Gasteiger partial charge in [0.15, 0.2) is 0 Å². The molecule has 1 unspecified atom stereocenters. The van der Waals surface area contributed by atoms with Crippen LogP contribution in [0.1, 0.15) is 45.2 Å². The number of hydrogen-bond donors (Lipinski definition) is 3. The smallest absolute Gasteiger partial charge is 0.270 e. The number of aromatic nitrogens is 2. The number of benzene rings is 2. The van der Waals surface area contributed by atoms with E-state index in [0.717, 1.165) is 35.1 Å². The number of nitrogens with zero attached hydrogens (tertiary/aromatic N) is 2. The maximum atomic E-state index is 13.6. The first-order valence-corrected chi connectivity index (χ1v) is 13.0. The lowest BCUT2D eigenvalue weighted by molar-refractivity contribution is 0.0702. The molecule has 0 saturated carbocycles. The average Bonchev–Trinajstić information content (AvgIpc) is 3.57. The van der Waals surface area contributed by atoms with Gasteiger partial charge in [-0.15, -0.1) is 0 Å². The quantitative estimate of drug-likeness (QED) is 0.280. The molecule has 198 valence electrons. The van der Waals surface area contributed by atoms with Crippen molar-refractivity contribution in [3.63, 3.8) is 0 Å². The number of carbonyl (C=O) groups excluding carboxylic acids is 2. The standard InChI is InChI=1S/C30H28FN5O3/c1-32-23-15-26-21(27(29(37)33-2)28(39-26)17-7-9-19(31)10-8-17)13-20(23)18-5-4-12-36(16-18)30(38)25-14-24-22(35-25)6-3-11-34-24/h3,6-11,13-15,18,32,35H,4-5,12,16H2,1-2H3,(H,33,37).